The topological polar surface area (TPSA) is 62.8 Å². The first-order valence-electron chi connectivity index (χ1n) is 5.35. The maximum absolute atomic E-state index is 12.6. The molecule has 1 heterocycles. The molecule has 102 valence electrons. The van der Waals surface area contributed by atoms with E-state index in [0.29, 0.717) is 0 Å². The van der Waals surface area contributed by atoms with Gasteiger partial charge in [-0.15, -0.1) is 0 Å². The second-order valence-electron chi connectivity index (χ2n) is 4.15. The number of carbonyl (C=O) groups is 1. The van der Waals surface area contributed by atoms with E-state index in [-0.39, 0.29) is 21.7 Å². The molecule has 1 N–H and O–H groups in total. The Balaban J connectivity index is 2.33. The predicted octanol–water partition coefficient (Wildman–Crippen LogP) is 2.65. The number of alkyl halides is 3. The lowest BCUT2D eigenvalue weighted by Gasteiger charge is -2.06. The lowest BCUT2D eigenvalue weighted by Crippen LogP contribution is -2.22. The number of hydrogen-bond donors (Lipinski definition) is 1. The molecular formula is C12H4ClF3N2O2. The molecule has 0 spiro atoms. The Bertz CT molecular complexity index is 811. The van der Waals surface area contributed by atoms with Crippen molar-refractivity contribution in [2.75, 3.05) is 0 Å². The van der Waals surface area contributed by atoms with Crippen molar-refractivity contribution in [1.29, 1.82) is 0 Å². The normalized spacial score (nSPS) is 13.3. The van der Waals surface area contributed by atoms with Gasteiger partial charge in [-0.3, -0.25) is 9.59 Å². The Labute approximate surface area is 114 Å². The van der Waals surface area contributed by atoms with Crippen LogP contribution in [-0.2, 0) is 6.18 Å². The highest BCUT2D eigenvalue weighted by Crippen LogP contribution is 2.36. The molecule has 4 nitrogen and oxygen atoms in total. The van der Waals surface area contributed by atoms with Gasteiger partial charge in [0.15, 0.2) is 0 Å². The van der Waals surface area contributed by atoms with Crippen LogP contribution in [0.5, 0.6) is 0 Å². The number of benzene rings is 1. The molecule has 0 saturated heterocycles. The van der Waals surface area contributed by atoms with Gasteiger partial charge in [0, 0.05) is 16.1 Å². The van der Waals surface area contributed by atoms with Crippen molar-refractivity contribution in [3.8, 4) is 11.1 Å². The van der Waals surface area contributed by atoms with Crippen LogP contribution in [0.4, 0.5) is 13.2 Å². The zero-order valence-corrected chi connectivity index (χ0v) is 10.3. The summed E-state index contributed by atoms with van der Waals surface area (Å²) >= 11 is 5.74. The van der Waals surface area contributed by atoms with Crippen LogP contribution in [0.2, 0.25) is 5.02 Å². The average Bonchev–Trinajstić information content (AvgIpc) is 2.62. The molecule has 0 aliphatic heterocycles. The Kier molecular flexibility index (Phi) is 2.52. The molecule has 0 saturated carbocycles. The van der Waals surface area contributed by atoms with Crippen LogP contribution in [0.15, 0.2) is 23.0 Å². The van der Waals surface area contributed by atoms with Crippen LogP contribution in [-0.4, -0.2) is 15.8 Å². The Morgan fingerprint density at radius 1 is 1.15 bits per heavy atom. The Hall–Kier alpha value is -2.15. The largest absolute Gasteiger partial charge is 0.449 e. The number of nitrogens with one attached hydrogen (secondary N) is 1. The molecule has 0 radical (unpaired) electrons. The summed E-state index contributed by atoms with van der Waals surface area (Å²) in [5, 5.41) is 0.248. The molecule has 0 bridgehead atoms. The van der Waals surface area contributed by atoms with Gasteiger partial charge in [-0.05, 0) is 12.1 Å². The van der Waals surface area contributed by atoms with Gasteiger partial charge in [-0.2, -0.15) is 13.2 Å². The average molecular weight is 301 g/mol. The number of ketones is 1. The fraction of sp³-hybridized carbons (Fsp3) is 0.0833. The minimum Gasteiger partial charge on any atom is -0.302 e. The monoisotopic (exact) mass is 300 g/mol. The highest BCUT2D eigenvalue weighted by atomic mass is 35.5. The van der Waals surface area contributed by atoms with Gasteiger partial charge in [0.2, 0.25) is 11.6 Å². The molecule has 0 fully saturated rings. The first kappa shape index (κ1) is 12.9. The molecule has 1 aliphatic rings. The summed E-state index contributed by atoms with van der Waals surface area (Å²) in [5.74, 6) is -2.23. The van der Waals surface area contributed by atoms with E-state index in [2.05, 4.69) is 4.98 Å². The van der Waals surface area contributed by atoms with Gasteiger partial charge in [0.1, 0.15) is 5.69 Å². The van der Waals surface area contributed by atoms with Gasteiger partial charge in [0.05, 0.1) is 5.56 Å². The third-order valence-corrected chi connectivity index (χ3v) is 3.13. The van der Waals surface area contributed by atoms with E-state index in [1.807, 2.05) is 0 Å². The highest BCUT2D eigenvalue weighted by molar-refractivity contribution is 6.32. The van der Waals surface area contributed by atoms with E-state index in [1.54, 1.807) is 4.98 Å². The fourth-order valence-electron chi connectivity index (χ4n) is 2.07. The summed E-state index contributed by atoms with van der Waals surface area (Å²) < 4.78 is 37.8. The van der Waals surface area contributed by atoms with Crippen molar-refractivity contribution in [2.24, 2.45) is 0 Å². The summed E-state index contributed by atoms with van der Waals surface area (Å²) in [6.45, 7) is 0. The van der Waals surface area contributed by atoms with E-state index < -0.39 is 29.0 Å². The molecule has 20 heavy (non-hydrogen) atoms. The summed E-state index contributed by atoms with van der Waals surface area (Å²) in [5.41, 5.74) is -1.36. The van der Waals surface area contributed by atoms with Crippen LogP contribution < -0.4 is 5.56 Å². The third kappa shape index (κ3) is 1.74. The lowest BCUT2D eigenvalue weighted by molar-refractivity contribution is -0.145. The van der Waals surface area contributed by atoms with Crippen LogP contribution in [0.3, 0.4) is 0 Å². The van der Waals surface area contributed by atoms with Crippen LogP contribution in [0.1, 0.15) is 21.9 Å². The van der Waals surface area contributed by atoms with Crippen molar-refractivity contribution in [1.82, 2.24) is 9.97 Å². The van der Waals surface area contributed by atoms with Gasteiger partial charge >= 0.3 is 6.18 Å². The minimum absolute atomic E-state index is 0.0739. The zero-order chi connectivity index (χ0) is 14.7. The van der Waals surface area contributed by atoms with E-state index >= 15 is 0 Å². The molecule has 8 heteroatoms. The van der Waals surface area contributed by atoms with Crippen molar-refractivity contribution in [3.05, 3.63) is 50.7 Å². The minimum atomic E-state index is -4.83. The van der Waals surface area contributed by atoms with Gasteiger partial charge < -0.3 is 4.98 Å². The number of fused-ring (bicyclic) bond motifs is 3. The number of carbonyl (C=O) groups excluding carboxylic acids is 1. The second-order valence-corrected chi connectivity index (χ2v) is 4.59. The number of rotatable bonds is 0. The standard InChI is InChI=1S/C12H4ClF3N2O2/c13-4-1-2-5-6(3-4)9(19)8-7(5)10(20)18-11(17-8)12(14,15)16/h1-3H,(H,17,18,20). The van der Waals surface area contributed by atoms with Crippen LogP contribution in [0.25, 0.3) is 11.1 Å². The van der Waals surface area contributed by atoms with E-state index in [4.69, 9.17) is 11.6 Å². The molecule has 0 atom stereocenters. The molecule has 1 aromatic carbocycles. The third-order valence-electron chi connectivity index (χ3n) is 2.90. The maximum Gasteiger partial charge on any atom is 0.449 e. The van der Waals surface area contributed by atoms with Crippen molar-refractivity contribution in [2.45, 2.75) is 6.18 Å². The van der Waals surface area contributed by atoms with Crippen LogP contribution >= 0.6 is 11.6 Å². The molecular weight excluding hydrogens is 297 g/mol. The second kappa shape index (κ2) is 3.92. The van der Waals surface area contributed by atoms with Crippen LogP contribution in [0, 0.1) is 0 Å². The SMILES string of the molecule is O=C1c2cc(Cl)ccc2-c2c1nc(C(F)(F)F)[nH]c2=O. The Morgan fingerprint density at radius 3 is 2.50 bits per heavy atom. The zero-order valence-electron chi connectivity index (χ0n) is 9.51. The number of H-pyrrole nitrogens is 1. The number of aromatic nitrogens is 2. The maximum atomic E-state index is 12.6. The quantitative estimate of drug-likeness (QED) is 0.694. The number of aromatic amines is 1. The van der Waals surface area contributed by atoms with Crippen molar-refractivity contribution >= 4 is 17.4 Å². The van der Waals surface area contributed by atoms with Gasteiger partial charge in [-0.1, -0.05) is 17.7 Å². The number of nitrogens with zero attached hydrogens (tertiary/aromatic N) is 1. The molecule has 2 aromatic rings. The van der Waals surface area contributed by atoms with E-state index in [0.717, 1.165) is 0 Å². The van der Waals surface area contributed by atoms with E-state index in [1.165, 1.54) is 18.2 Å². The number of hydrogen-bond acceptors (Lipinski definition) is 3. The summed E-state index contributed by atoms with van der Waals surface area (Å²) in [6, 6.07) is 4.15. The summed E-state index contributed by atoms with van der Waals surface area (Å²) in [6.07, 6.45) is -4.83. The molecule has 1 aliphatic carbocycles. The van der Waals surface area contributed by atoms with Crippen molar-refractivity contribution < 1.29 is 18.0 Å². The first-order chi connectivity index (χ1) is 9.29. The summed E-state index contributed by atoms with van der Waals surface area (Å²) in [4.78, 5) is 28.7. The molecule has 1 aromatic heterocycles. The molecule has 0 unspecified atom stereocenters. The van der Waals surface area contributed by atoms with Gasteiger partial charge in [0.25, 0.3) is 5.56 Å². The van der Waals surface area contributed by atoms with Crippen molar-refractivity contribution in [3.63, 3.8) is 0 Å². The Morgan fingerprint density at radius 2 is 1.85 bits per heavy atom. The predicted molar refractivity (Wildman–Crippen MR) is 63.7 cm³/mol. The van der Waals surface area contributed by atoms with Gasteiger partial charge in [-0.25, -0.2) is 4.98 Å². The van der Waals surface area contributed by atoms with E-state index in [9.17, 15) is 22.8 Å². The lowest BCUT2D eigenvalue weighted by atomic mass is 10.1. The molecule has 0 amide bonds. The highest BCUT2D eigenvalue weighted by Gasteiger charge is 2.39. The molecule has 3 rings (SSSR count). The number of halogens is 4. The summed E-state index contributed by atoms with van der Waals surface area (Å²) in [7, 11) is 0. The fourth-order valence-corrected chi connectivity index (χ4v) is 2.24. The first-order valence-corrected chi connectivity index (χ1v) is 5.73. The smallest absolute Gasteiger partial charge is 0.302 e.